The van der Waals surface area contributed by atoms with Crippen LogP contribution in [0.15, 0.2) is 16.5 Å². The van der Waals surface area contributed by atoms with E-state index in [0.29, 0.717) is 6.04 Å². The maximum absolute atomic E-state index is 6.40. The van der Waals surface area contributed by atoms with Crippen LogP contribution in [0.25, 0.3) is 0 Å². The molecule has 0 aromatic carbocycles. The van der Waals surface area contributed by atoms with Crippen molar-refractivity contribution in [3.8, 4) is 0 Å². The van der Waals surface area contributed by atoms with Crippen LogP contribution < -0.4 is 5.73 Å². The highest BCUT2D eigenvalue weighted by molar-refractivity contribution is 5.12. The number of nitrogens with two attached hydrogens (primary N) is 1. The van der Waals surface area contributed by atoms with Crippen LogP contribution >= 0.6 is 0 Å². The van der Waals surface area contributed by atoms with E-state index in [0.717, 1.165) is 24.5 Å². The minimum absolute atomic E-state index is 0.145. The van der Waals surface area contributed by atoms with Crippen LogP contribution in [-0.4, -0.2) is 23.5 Å². The van der Waals surface area contributed by atoms with E-state index >= 15 is 0 Å². The topological polar surface area (TPSA) is 42.4 Å². The van der Waals surface area contributed by atoms with E-state index in [2.05, 4.69) is 24.8 Å². The first-order chi connectivity index (χ1) is 9.17. The Bertz CT molecular complexity index is 382. The summed E-state index contributed by atoms with van der Waals surface area (Å²) in [4.78, 5) is 2.57. The number of hydrogen-bond acceptors (Lipinski definition) is 3. The molecule has 0 radical (unpaired) electrons. The Balaban J connectivity index is 2.24. The molecule has 108 valence electrons. The number of nitrogens with zero attached hydrogens (tertiary/aromatic N) is 1. The van der Waals surface area contributed by atoms with E-state index in [1.54, 1.807) is 0 Å². The molecule has 1 aliphatic rings. The Labute approximate surface area is 117 Å². The number of likely N-dealkylation sites (N-methyl/N-ethyl adjacent to an activating group) is 1. The lowest BCUT2D eigenvalue weighted by atomic mass is 9.99. The predicted molar refractivity (Wildman–Crippen MR) is 79.1 cm³/mol. The zero-order valence-corrected chi connectivity index (χ0v) is 12.6. The van der Waals surface area contributed by atoms with Crippen LogP contribution in [0.1, 0.15) is 63.5 Å². The minimum atomic E-state index is 0.145. The summed E-state index contributed by atoms with van der Waals surface area (Å²) < 4.78 is 5.89. The summed E-state index contributed by atoms with van der Waals surface area (Å²) in [5.41, 5.74) is 6.40. The first-order valence-corrected chi connectivity index (χ1v) is 7.75. The zero-order valence-electron chi connectivity index (χ0n) is 12.6. The molecule has 0 aliphatic heterocycles. The van der Waals surface area contributed by atoms with Gasteiger partial charge in [-0.2, -0.15) is 0 Å². The highest BCUT2D eigenvalue weighted by Crippen LogP contribution is 2.33. The van der Waals surface area contributed by atoms with Gasteiger partial charge in [-0.25, -0.2) is 0 Å². The molecule has 19 heavy (non-hydrogen) atoms. The quantitative estimate of drug-likeness (QED) is 0.853. The second-order valence-electron chi connectivity index (χ2n) is 5.73. The second-order valence-corrected chi connectivity index (χ2v) is 5.73. The summed E-state index contributed by atoms with van der Waals surface area (Å²) in [6, 6.07) is 5.20. The standard InChI is InChI=1S/C16H28N2O/c1-4-14(17)16(15-11-10-12(3)19-15)18(5-2)13-8-6-7-9-13/h10-11,13-14,16H,4-9,17H2,1-3H3. The van der Waals surface area contributed by atoms with Gasteiger partial charge < -0.3 is 10.2 Å². The first-order valence-electron chi connectivity index (χ1n) is 7.75. The first kappa shape index (κ1) is 14.6. The fraction of sp³-hybridized carbons (Fsp3) is 0.750. The average molecular weight is 264 g/mol. The minimum Gasteiger partial charge on any atom is -0.465 e. The molecule has 0 spiro atoms. The van der Waals surface area contributed by atoms with Gasteiger partial charge >= 0.3 is 0 Å². The van der Waals surface area contributed by atoms with Gasteiger partial charge in [-0.05, 0) is 44.9 Å². The molecule has 3 heteroatoms. The van der Waals surface area contributed by atoms with E-state index in [4.69, 9.17) is 10.2 Å². The van der Waals surface area contributed by atoms with Crippen LogP contribution in [0.5, 0.6) is 0 Å². The summed E-state index contributed by atoms with van der Waals surface area (Å²) >= 11 is 0. The van der Waals surface area contributed by atoms with Crippen molar-refractivity contribution in [2.45, 2.75) is 71.0 Å². The van der Waals surface area contributed by atoms with Crippen molar-refractivity contribution < 1.29 is 4.42 Å². The monoisotopic (exact) mass is 264 g/mol. The molecule has 0 amide bonds. The lowest BCUT2D eigenvalue weighted by Crippen LogP contribution is -2.45. The highest BCUT2D eigenvalue weighted by atomic mass is 16.3. The fourth-order valence-corrected chi connectivity index (χ4v) is 3.37. The van der Waals surface area contributed by atoms with Gasteiger partial charge in [-0.3, -0.25) is 4.90 Å². The normalized spacial score (nSPS) is 20.1. The smallest absolute Gasteiger partial charge is 0.122 e. The molecule has 1 aliphatic carbocycles. The fourth-order valence-electron chi connectivity index (χ4n) is 3.37. The average Bonchev–Trinajstić information content (AvgIpc) is 3.06. The largest absolute Gasteiger partial charge is 0.465 e. The Morgan fingerprint density at radius 3 is 2.47 bits per heavy atom. The highest BCUT2D eigenvalue weighted by Gasteiger charge is 2.33. The summed E-state index contributed by atoms with van der Waals surface area (Å²) in [5.74, 6) is 2.02. The Kier molecular flexibility index (Phi) is 5.06. The van der Waals surface area contributed by atoms with Gasteiger partial charge in [-0.1, -0.05) is 26.7 Å². The Hall–Kier alpha value is -0.800. The summed E-state index contributed by atoms with van der Waals surface area (Å²) in [5, 5.41) is 0. The van der Waals surface area contributed by atoms with Crippen LogP contribution in [-0.2, 0) is 0 Å². The van der Waals surface area contributed by atoms with Gasteiger partial charge in [0, 0.05) is 12.1 Å². The molecule has 0 bridgehead atoms. The van der Waals surface area contributed by atoms with Crippen LogP contribution in [0.3, 0.4) is 0 Å². The van der Waals surface area contributed by atoms with Crippen molar-refractivity contribution in [1.82, 2.24) is 4.90 Å². The number of furan rings is 1. The van der Waals surface area contributed by atoms with Gasteiger partial charge in [0.05, 0.1) is 6.04 Å². The lowest BCUT2D eigenvalue weighted by molar-refractivity contribution is 0.104. The summed E-state index contributed by atoms with van der Waals surface area (Å²) in [6.07, 6.45) is 6.30. The van der Waals surface area contributed by atoms with E-state index in [1.807, 2.05) is 13.0 Å². The molecular formula is C16H28N2O. The maximum Gasteiger partial charge on any atom is 0.122 e. The summed E-state index contributed by atoms with van der Waals surface area (Å²) in [7, 11) is 0. The van der Waals surface area contributed by atoms with E-state index in [-0.39, 0.29) is 12.1 Å². The van der Waals surface area contributed by atoms with Gasteiger partial charge in [0.15, 0.2) is 0 Å². The third-order valence-electron chi connectivity index (χ3n) is 4.45. The molecule has 1 saturated carbocycles. The van der Waals surface area contributed by atoms with E-state index in [1.165, 1.54) is 25.7 Å². The van der Waals surface area contributed by atoms with Crippen molar-refractivity contribution in [3.63, 3.8) is 0 Å². The Morgan fingerprint density at radius 1 is 1.32 bits per heavy atom. The molecule has 3 nitrogen and oxygen atoms in total. The van der Waals surface area contributed by atoms with Crippen molar-refractivity contribution in [1.29, 1.82) is 0 Å². The van der Waals surface area contributed by atoms with Crippen molar-refractivity contribution in [3.05, 3.63) is 23.7 Å². The van der Waals surface area contributed by atoms with Gasteiger partial charge in [0.1, 0.15) is 11.5 Å². The van der Waals surface area contributed by atoms with Crippen molar-refractivity contribution >= 4 is 0 Å². The molecule has 2 atom stereocenters. The Morgan fingerprint density at radius 2 is 2.00 bits per heavy atom. The molecule has 2 N–H and O–H groups in total. The van der Waals surface area contributed by atoms with Gasteiger partial charge in [-0.15, -0.1) is 0 Å². The third-order valence-corrected chi connectivity index (χ3v) is 4.45. The molecule has 1 aromatic rings. The molecule has 2 unspecified atom stereocenters. The third kappa shape index (κ3) is 3.21. The zero-order chi connectivity index (χ0) is 13.8. The van der Waals surface area contributed by atoms with Gasteiger partial charge in [0.2, 0.25) is 0 Å². The second kappa shape index (κ2) is 6.58. The predicted octanol–water partition coefficient (Wildman–Crippen LogP) is 3.63. The molecule has 1 fully saturated rings. The molecular weight excluding hydrogens is 236 g/mol. The molecule has 2 rings (SSSR count). The number of rotatable bonds is 6. The maximum atomic E-state index is 6.40. The van der Waals surface area contributed by atoms with Crippen molar-refractivity contribution in [2.75, 3.05) is 6.54 Å². The van der Waals surface area contributed by atoms with Crippen LogP contribution in [0.2, 0.25) is 0 Å². The molecule has 0 saturated heterocycles. The number of aryl methyl sites for hydroxylation is 1. The number of hydrogen-bond donors (Lipinski definition) is 1. The van der Waals surface area contributed by atoms with E-state index in [9.17, 15) is 0 Å². The van der Waals surface area contributed by atoms with Crippen LogP contribution in [0.4, 0.5) is 0 Å². The van der Waals surface area contributed by atoms with Crippen molar-refractivity contribution in [2.24, 2.45) is 5.73 Å². The lowest BCUT2D eigenvalue weighted by Gasteiger charge is -2.37. The van der Waals surface area contributed by atoms with E-state index < -0.39 is 0 Å². The SMILES string of the molecule is CCC(N)C(c1ccc(C)o1)N(CC)C1CCCC1. The molecule has 1 aromatic heterocycles. The van der Waals surface area contributed by atoms with Gasteiger partial charge in [0.25, 0.3) is 0 Å². The van der Waals surface area contributed by atoms with Crippen LogP contribution in [0, 0.1) is 6.92 Å². The summed E-state index contributed by atoms with van der Waals surface area (Å²) in [6.45, 7) is 7.45. The molecule has 1 heterocycles.